The molecule has 6 nitrogen and oxygen atoms in total. The van der Waals surface area contributed by atoms with E-state index in [1.807, 2.05) is 13.0 Å². The predicted molar refractivity (Wildman–Crippen MR) is 82.6 cm³/mol. The highest BCUT2D eigenvalue weighted by Crippen LogP contribution is 2.29. The van der Waals surface area contributed by atoms with E-state index in [0.29, 0.717) is 24.8 Å². The molecule has 21 heavy (non-hydrogen) atoms. The molecule has 0 aliphatic carbocycles. The van der Waals surface area contributed by atoms with Gasteiger partial charge in [-0.3, -0.25) is 15.0 Å². The summed E-state index contributed by atoms with van der Waals surface area (Å²) in [5.41, 5.74) is 1.76. The van der Waals surface area contributed by atoms with Gasteiger partial charge in [-0.1, -0.05) is 12.1 Å². The molecule has 0 radical (unpaired) electrons. The zero-order valence-corrected chi connectivity index (χ0v) is 12.7. The Morgan fingerprint density at radius 3 is 2.76 bits per heavy atom. The van der Waals surface area contributed by atoms with Crippen LogP contribution in [-0.4, -0.2) is 42.7 Å². The first-order chi connectivity index (χ1) is 10.1. The lowest BCUT2D eigenvalue weighted by molar-refractivity contribution is -0.384. The summed E-state index contributed by atoms with van der Waals surface area (Å²) in [5.74, 6) is 0. The number of nitrogens with one attached hydrogen (secondary N) is 1. The average molecular weight is 293 g/mol. The number of hydrogen-bond donors (Lipinski definition) is 1. The molecule has 116 valence electrons. The molecular weight excluding hydrogens is 270 g/mol. The minimum Gasteiger partial charge on any atom is -0.381 e. The summed E-state index contributed by atoms with van der Waals surface area (Å²) >= 11 is 0. The van der Waals surface area contributed by atoms with Crippen LogP contribution in [0.25, 0.3) is 0 Å². The molecule has 0 atom stereocenters. The molecule has 1 aromatic rings. The van der Waals surface area contributed by atoms with Crippen molar-refractivity contribution >= 4 is 11.4 Å². The molecular formula is C15H23N3O3. The van der Waals surface area contributed by atoms with E-state index in [1.165, 1.54) is 0 Å². The molecule has 0 aromatic heterocycles. The van der Waals surface area contributed by atoms with Crippen molar-refractivity contribution < 1.29 is 9.66 Å². The van der Waals surface area contributed by atoms with Crippen molar-refractivity contribution in [3.63, 3.8) is 0 Å². The molecule has 0 bridgehead atoms. The van der Waals surface area contributed by atoms with Gasteiger partial charge in [0, 0.05) is 38.4 Å². The lowest BCUT2D eigenvalue weighted by Gasteiger charge is -2.31. The van der Waals surface area contributed by atoms with Crippen molar-refractivity contribution in [1.29, 1.82) is 0 Å². The second-order valence-electron chi connectivity index (χ2n) is 5.36. The van der Waals surface area contributed by atoms with Gasteiger partial charge in [0.1, 0.15) is 5.69 Å². The number of nitro benzene ring substituents is 1. The van der Waals surface area contributed by atoms with Gasteiger partial charge in [-0.2, -0.15) is 0 Å². The molecule has 0 saturated carbocycles. The largest absolute Gasteiger partial charge is 0.381 e. The molecule has 1 fully saturated rings. The Hall–Kier alpha value is -1.66. The highest BCUT2D eigenvalue weighted by atomic mass is 16.6. The van der Waals surface area contributed by atoms with E-state index in [1.54, 1.807) is 12.1 Å². The Kier molecular flexibility index (Phi) is 5.52. The van der Waals surface area contributed by atoms with Crippen LogP contribution in [0.4, 0.5) is 11.4 Å². The number of nitro groups is 1. The molecule has 0 spiro atoms. The van der Waals surface area contributed by atoms with Crippen molar-refractivity contribution in [3.05, 3.63) is 33.9 Å². The maximum Gasteiger partial charge on any atom is 0.292 e. The van der Waals surface area contributed by atoms with Gasteiger partial charge < -0.3 is 10.1 Å². The van der Waals surface area contributed by atoms with Crippen LogP contribution in [-0.2, 0) is 11.3 Å². The Bertz CT molecular complexity index is 487. The number of ether oxygens (including phenoxy) is 1. The van der Waals surface area contributed by atoms with Crippen LogP contribution in [0.2, 0.25) is 0 Å². The van der Waals surface area contributed by atoms with E-state index in [2.05, 4.69) is 17.3 Å². The van der Waals surface area contributed by atoms with Crippen LogP contribution in [0.5, 0.6) is 0 Å². The molecule has 6 heteroatoms. The Morgan fingerprint density at radius 2 is 2.14 bits per heavy atom. The van der Waals surface area contributed by atoms with Gasteiger partial charge >= 0.3 is 0 Å². The fraction of sp³-hybridized carbons (Fsp3) is 0.600. The minimum atomic E-state index is -0.323. The van der Waals surface area contributed by atoms with Gasteiger partial charge in [0.15, 0.2) is 0 Å². The molecule has 1 aliphatic rings. The van der Waals surface area contributed by atoms with E-state index < -0.39 is 0 Å². The van der Waals surface area contributed by atoms with Gasteiger partial charge in [0.05, 0.1) is 4.92 Å². The Balaban J connectivity index is 2.17. The zero-order chi connectivity index (χ0) is 15.2. The summed E-state index contributed by atoms with van der Waals surface area (Å²) in [6.45, 7) is 4.91. The van der Waals surface area contributed by atoms with Gasteiger partial charge in [-0.25, -0.2) is 0 Å². The van der Waals surface area contributed by atoms with Gasteiger partial charge in [0.25, 0.3) is 5.69 Å². The average Bonchev–Trinajstić information content (AvgIpc) is 2.49. The summed E-state index contributed by atoms with van der Waals surface area (Å²) in [6.07, 6.45) is 2.03. The van der Waals surface area contributed by atoms with Crippen LogP contribution in [0.3, 0.4) is 0 Å². The van der Waals surface area contributed by atoms with Crippen LogP contribution < -0.4 is 5.32 Å². The number of anilines is 1. The first-order valence-electron chi connectivity index (χ1n) is 7.41. The second kappa shape index (κ2) is 7.38. The molecule has 0 unspecified atom stereocenters. The fourth-order valence-electron chi connectivity index (χ4n) is 2.78. The zero-order valence-electron chi connectivity index (χ0n) is 12.7. The first-order valence-corrected chi connectivity index (χ1v) is 7.41. The number of nitrogens with zero attached hydrogens (tertiary/aromatic N) is 2. The first kappa shape index (κ1) is 15.7. The van der Waals surface area contributed by atoms with E-state index in [-0.39, 0.29) is 10.6 Å². The molecule has 1 aromatic carbocycles. The molecule has 1 aliphatic heterocycles. The molecule has 1 saturated heterocycles. The number of hydrogen-bond acceptors (Lipinski definition) is 5. The lowest BCUT2D eigenvalue weighted by atomic mass is 10.1. The van der Waals surface area contributed by atoms with Crippen molar-refractivity contribution in [2.75, 3.05) is 32.1 Å². The third-order valence-corrected chi connectivity index (χ3v) is 3.91. The topological polar surface area (TPSA) is 67.6 Å². The van der Waals surface area contributed by atoms with Crippen molar-refractivity contribution in [3.8, 4) is 0 Å². The van der Waals surface area contributed by atoms with E-state index in [0.717, 1.165) is 31.6 Å². The minimum absolute atomic E-state index is 0.148. The van der Waals surface area contributed by atoms with Crippen LogP contribution in [0.15, 0.2) is 18.2 Å². The number of rotatable bonds is 6. The van der Waals surface area contributed by atoms with E-state index in [4.69, 9.17) is 4.74 Å². The van der Waals surface area contributed by atoms with Crippen LogP contribution in [0, 0.1) is 10.1 Å². The quantitative estimate of drug-likeness (QED) is 0.645. The van der Waals surface area contributed by atoms with E-state index in [9.17, 15) is 10.1 Å². The predicted octanol–water partition coefficient (Wildman–Crippen LogP) is 2.64. The third-order valence-electron chi connectivity index (χ3n) is 3.91. The Labute approximate surface area is 125 Å². The van der Waals surface area contributed by atoms with Crippen molar-refractivity contribution in [2.45, 2.75) is 32.4 Å². The molecule has 2 rings (SSSR count). The van der Waals surface area contributed by atoms with Crippen molar-refractivity contribution in [2.24, 2.45) is 0 Å². The highest BCUT2D eigenvalue weighted by Gasteiger charge is 2.22. The standard InChI is InChI=1S/C15H23N3O3/c1-3-16-15-12(5-4-6-14(15)18(19)20)11-17(2)13-7-9-21-10-8-13/h4-6,13,16H,3,7-11H2,1-2H3. The van der Waals surface area contributed by atoms with Crippen LogP contribution >= 0.6 is 0 Å². The third kappa shape index (κ3) is 3.92. The second-order valence-corrected chi connectivity index (χ2v) is 5.36. The SMILES string of the molecule is CCNc1c(CN(C)C2CCOCC2)cccc1[N+](=O)[O-]. The normalized spacial score (nSPS) is 16.1. The van der Waals surface area contributed by atoms with Gasteiger partial charge in [0.2, 0.25) is 0 Å². The lowest BCUT2D eigenvalue weighted by Crippen LogP contribution is -2.36. The monoisotopic (exact) mass is 293 g/mol. The van der Waals surface area contributed by atoms with Gasteiger partial charge in [-0.05, 0) is 32.4 Å². The van der Waals surface area contributed by atoms with Crippen LogP contribution in [0.1, 0.15) is 25.3 Å². The van der Waals surface area contributed by atoms with Crippen molar-refractivity contribution in [1.82, 2.24) is 4.90 Å². The molecule has 1 N–H and O–H groups in total. The fourth-order valence-corrected chi connectivity index (χ4v) is 2.78. The highest BCUT2D eigenvalue weighted by molar-refractivity contribution is 5.66. The summed E-state index contributed by atoms with van der Waals surface area (Å²) in [7, 11) is 2.07. The summed E-state index contributed by atoms with van der Waals surface area (Å²) in [5, 5.41) is 14.3. The maximum atomic E-state index is 11.2. The summed E-state index contributed by atoms with van der Waals surface area (Å²) in [4.78, 5) is 13.1. The summed E-state index contributed by atoms with van der Waals surface area (Å²) in [6, 6.07) is 5.75. The smallest absolute Gasteiger partial charge is 0.292 e. The maximum absolute atomic E-state index is 11.2. The Morgan fingerprint density at radius 1 is 1.43 bits per heavy atom. The molecule has 0 amide bonds. The summed E-state index contributed by atoms with van der Waals surface area (Å²) < 4.78 is 5.38. The molecule has 1 heterocycles. The number of para-hydroxylation sites is 1. The number of benzene rings is 1. The van der Waals surface area contributed by atoms with E-state index >= 15 is 0 Å². The van der Waals surface area contributed by atoms with Gasteiger partial charge in [-0.15, -0.1) is 0 Å².